The standard InChI is InChI=1S/C14H16ClN3OS/c15-12-7-2-1-6-11(12)13-16-17-14(20-13)18(8-9-19)10-4-3-5-10/h1-2,6-7,10,19H,3-5,8-9H2. The van der Waals surface area contributed by atoms with Crippen molar-refractivity contribution < 1.29 is 5.11 Å². The van der Waals surface area contributed by atoms with Gasteiger partial charge in [0.1, 0.15) is 0 Å². The van der Waals surface area contributed by atoms with Gasteiger partial charge in [0.15, 0.2) is 5.01 Å². The lowest BCUT2D eigenvalue weighted by molar-refractivity contribution is 0.283. The molecule has 4 nitrogen and oxygen atoms in total. The Labute approximate surface area is 127 Å². The molecule has 1 N–H and O–H groups in total. The van der Waals surface area contributed by atoms with Gasteiger partial charge < -0.3 is 10.0 Å². The fourth-order valence-corrected chi connectivity index (χ4v) is 3.58. The summed E-state index contributed by atoms with van der Waals surface area (Å²) >= 11 is 7.73. The first kappa shape index (κ1) is 13.8. The second kappa shape index (κ2) is 6.08. The molecule has 0 atom stereocenters. The van der Waals surface area contributed by atoms with Gasteiger partial charge in [-0.25, -0.2) is 0 Å². The third-order valence-corrected chi connectivity index (χ3v) is 4.94. The van der Waals surface area contributed by atoms with Crippen LogP contribution in [0.4, 0.5) is 5.13 Å². The molecule has 0 amide bonds. The average molecular weight is 310 g/mol. The van der Waals surface area contributed by atoms with Crippen LogP contribution in [0, 0.1) is 0 Å². The van der Waals surface area contributed by atoms with Gasteiger partial charge in [0.25, 0.3) is 0 Å². The predicted octanol–water partition coefficient (Wildman–Crippen LogP) is 3.21. The zero-order chi connectivity index (χ0) is 13.9. The topological polar surface area (TPSA) is 49.2 Å². The van der Waals surface area contributed by atoms with Crippen molar-refractivity contribution in [2.45, 2.75) is 25.3 Å². The quantitative estimate of drug-likeness (QED) is 0.921. The van der Waals surface area contributed by atoms with Crippen LogP contribution in [0.5, 0.6) is 0 Å². The minimum absolute atomic E-state index is 0.136. The fraction of sp³-hybridized carbons (Fsp3) is 0.429. The second-order valence-electron chi connectivity index (χ2n) is 4.87. The fourth-order valence-electron chi connectivity index (χ4n) is 2.32. The van der Waals surface area contributed by atoms with E-state index in [4.69, 9.17) is 11.6 Å². The van der Waals surface area contributed by atoms with Crippen LogP contribution in [-0.2, 0) is 0 Å². The Bertz CT molecular complexity index is 585. The molecule has 0 radical (unpaired) electrons. The van der Waals surface area contributed by atoms with E-state index >= 15 is 0 Å². The summed E-state index contributed by atoms with van der Waals surface area (Å²) in [5, 5.41) is 20.1. The van der Waals surface area contributed by atoms with Crippen molar-refractivity contribution in [2.24, 2.45) is 0 Å². The van der Waals surface area contributed by atoms with Gasteiger partial charge in [-0.2, -0.15) is 0 Å². The maximum absolute atomic E-state index is 9.23. The molecule has 0 spiro atoms. The lowest BCUT2D eigenvalue weighted by Gasteiger charge is -2.36. The summed E-state index contributed by atoms with van der Waals surface area (Å²) in [5.41, 5.74) is 0.912. The Morgan fingerprint density at radius 2 is 2.10 bits per heavy atom. The Balaban J connectivity index is 1.87. The maximum Gasteiger partial charge on any atom is 0.208 e. The molecule has 0 bridgehead atoms. The highest BCUT2D eigenvalue weighted by molar-refractivity contribution is 7.18. The van der Waals surface area contributed by atoms with Crippen molar-refractivity contribution >= 4 is 28.1 Å². The molecule has 20 heavy (non-hydrogen) atoms. The van der Waals surface area contributed by atoms with Crippen molar-refractivity contribution in [2.75, 3.05) is 18.1 Å². The lowest BCUT2D eigenvalue weighted by atomic mass is 9.92. The summed E-state index contributed by atoms with van der Waals surface area (Å²) in [5.74, 6) is 0. The summed E-state index contributed by atoms with van der Waals surface area (Å²) in [7, 11) is 0. The molecule has 2 aromatic rings. The number of benzene rings is 1. The monoisotopic (exact) mass is 309 g/mol. The van der Waals surface area contributed by atoms with Gasteiger partial charge in [0, 0.05) is 18.2 Å². The van der Waals surface area contributed by atoms with E-state index in [1.807, 2.05) is 24.3 Å². The van der Waals surface area contributed by atoms with E-state index in [2.05, 4.69) is 15.1 Å². The minimum Gasteiger partial charge on any atom is -0.395 e. The SMILES string of the molecule is OCCN(c1nnc(-c2ccccc2Cl)s1)C1CCC1. The molecule has 1 aromatic heterocycles. The smallest absolute Gasteiger partial charge is 0.208 e. The van der Waals surface area contributed by atoms with Gasteiger partial charge in [-0.05, 0) is 25.3 Å². The molecule has 6 heteroatoms. The number of aliphatic hydroxyl groups is 1. The number of aromatic nitrogens is 2. The van der Waals surface area contributed by atoms with Crippen LogP contribution in [0.1, 0.15) is 19.3 Å². The molecule has 0 saturated heterocycles. The number of rotatable bonds is 5. The lowest BCUT2D eigenvalue weighted by Crippen LogP contribution is -2.41. The second-order valence-corrected chi connectivity index (χ2v) is 6.23. The number of hydrogen-bond acceptors (Lipinski definition) is 5. The first-order valence-electron chi connectivity index (χ1n) is 6.75. The molecule has 0 aliphatic heterocycles. The summed E-state index contributed by atoms with van der Waals surface area (Å²) in [6.45, 7) is 0.749. The van der Waals surface area contributed by atoms with Crippen molar-refractivity contribution in [3.63, 3.8) is 0 Å². The van der Waals surface area contributed by atoms with E-state index in [-0.39, 0.29) is 6.61 Å². The Morgan fingerprint density at radius 1 is 1.30 bits per heavy atom. The number of nitrogens with zero attached hydrogens (tertiary/aromatic N) is 3. The van der Waals surface area contributed by atoms with Crippen LogP contribution in [0.3, 0.4) is 0 Å². The molecule has 1 heterocycles. The van der Waals surface area contributed by atoms with Crippen LogP contribution >= 0.6 is 22.9 Å². The van der Waals surface area contributed by atoms with Gasteiger partial charge in [0.2, 0.25) is 5.13 Å². The Morgan fingerprint density at radius 3 is 2.75 bits per heavy atom. The average Bonchev–Trinajstić information content (AvgIpc) is 2.86. The highest BCUT2D eigenvalue weighted by Crippen LogP contribution is 2.36. The van der Waals surface area contributed by atoms with Gasteiger partial charge in [-0.1, -0.05) is 41.1 Å². The number of aliphatic hydroxyl groups excluding tert-OH is 1. The van der Waals surface area contributed by atoms with Crippen LogP contribution in [0.25, 0.3) is 10.6 Å². The van der Waals surface area contributed by atoms with Gasteiger partial charge >= 0.3 is 0 Å². The van der Waals surface area contributed by atoms with E-state index in [0.29, 0.717) is 17.6 Å². The van der Waals surface area contributed by atoms with E-state index in [1.54, 1.807) is 0 Å². The van der Waals surface area contributed by atoms with Crippen LogP contribution in [0.2, 0.25) is 5.02 Å². The Hall–Kier alpha value is -1.17. The largest absolute Gasteiger partial charge is 0.395 e. The number of halogens is 1. The molecule has 1 fully saturated rings. The summed E-state index contributed by atoms with van der Waals surface area (Å²) < 4.78 is 0. The molecular weight excluding hydrogens is 294 g/mol. The first-order chi connectivity index (χ1) is 9.79. The van der Waals surface area contributed by atoms with Crippen LogP contribution in [-0.4, -0.2) is 34.5 Å². The van der Waals surface area contributed by atoms with Gasteiger partial charge in [-0.15, -0.1) is 10.2 Å². The van der Waals surface area contributed by atoms with Crippen molar-refractivity contribution in [3.05, 3.63) is 29.3 Å². The molecule has 0 unspecified atom stereocenters. The highest BCUT2D eigenvalue weighted by atomic mass is 35.5. The van der Waals surface area contributed by atoms with Crippen molar-refractivity contribution in [1.82, 2.24) is 10.2 Å². The molecule has 1 aliphatic rings. The summed E-state index contributed by atoms with van der Waals surface area (Å²) in [4.78, 5) is 2.17. The molecule has 1 aromatic carbocycles. The number of hydrogen-bond donors (Lipinski definition) is 1. The zero-order valence-corrected chi connectivity index (χ0v) is 12.6. The van der Waals surface area contributed by atoms with Gasteiger partial charge in [0.05, 0.1) is 11.6 Å². The minimum atomic E-state index is 0.136. The summed E-state index contributed by atoms with van der Waals surface area (Å²) in [6.07, 6.45) is 3.59. The third kappa shape index (κ3) is 2.66. The van der Waals surface area contributed by atoms with Crippen LogP contribution < -0.4 is 4.90 Å². The number of anilines is 1. The molecule has 1 saturated carbocycles. The highest BCUT2D eigenvalue weighted by Gasteiger charge is 2.27. The molecular formula is C14H16ClN3OS. The van der Waals surface area contributed by atoms with Gasteiger partial charge in [-0.3, -0.25) is 0 Å². The van der Waals surface area contributed by atoms with E-state index in [1.165, 1.54) is 30.6 Å². The molecule has 106 valence electrons. The first-order valence-corrected chi connectivity index (χ1v) is 7.95. The Kier molecular flexibility index (Phi) is 4.19. The maximum atomic E-state index is 9.23. The van der Waals surface area contributed by atoms with Crippen molar-refractivity contribution in [1.29, 1.82) is 0 Å². The van der Waals surface area contributed by atoms with E-state index < -0.39 is 0 Å². The summed E-state index contributed by atoms with van der Waals surface area (Å²) in [6, 6.07) is 8.15. The third-order valence-electron chi connectivity index (χ3n) is 3.62. The zero-order valence-electron chi connectivity index (χ0n) is 11.0. The normalized spacial score (nSPS) is 15.1. The predicted molar refractivity (Wildman–Crippen MR) is 82.4 cm³/mol. The molecule has 1 aliphatic carbocycles. The van der Waals surface area contributed by atoms with Crippen molar-refractivity contribution in [3.8, 4) is 10.6 Å². The van der Waals surface area contributed by atoms with Crippen LogP contribution in [0.15, 0.2) is 24.3 Å². The molecule has 3 rings (SSSR count). The van der Waals surface area contributed by atoms with E-state index in [0.717, 1.165) is 15.7 Å². The van der Waals surface area contributed by atoms with E-state index in [9.17, 15) is 5.11 Å².